The van der Waals surface area contributed by atoms with E-state index in [4.69, 9.17) is 0 Å². The molecule has 146 valence electrons. The first kappa shape index (κ1) is 19.3. The SMILES string of the molecule is CC(=O)Nc1cccc(Nc2nccc(C(=O)N3CCN(C(C)=O)CC3)n2)c1. The zero-order valence-electron chi connectivity index (χ0n) is 15.8. The number of benzene rings is 1. The average molecular weight is 382 g/mol. The van der Waals surface area contributed by atoms with Crippen LogP contribution in [0.25, 0.3) is 0 Å². The number of hydrogen-bond donors (Lipinski definition) is 2. The van der Waals surface area contributed by atoms with Crippen molar-refractivity contribution in [2.75, 3.05) is 36.8 Å². The first-order valence-corrected chi connectivity index (χ1v) is 8.95. The molecule has 1 aliphatic rings. The fraction of sp³-hybridized carbons (Fsp3) is 0.316. The minimum absolute atomic E-state index is 0.0158. The topological polar surface area (TPSA) is 108 Å². The smallest absolute Gasteiger partial charge is 0.272 e. The molecule has 1 aromatic heterocycles. The van der Waals surface area contributed by atoms with Gasteiger partial charge in [-0.2, -0.15) is 0 Å². The molecule has 2 N–H and O–H groups in total. The van der Waals surface area contributed by atoms with Crippen LogP contribution < -0.4 is 10.6 Å². The molecule has 0 atom stereocenters. The quantitative estimate of drug-likeness (QED) is 0.829. The van der Waals surface area contributed by atoms with Crippen LogP contribution in [0.5, 0.6) is 0 Å². The second-order valence-corrected chi connectivity index (χ2v) is 6.45. The van der Waals surface area contributed by atoms with E-state index in [2.05, 4.69) is 20.6 Å². The van der Waals surface area contributed by atoms with E-state index < -0.39 is 0 Å². The minimum Gasteiger partial charge on any atom is -0.339 e. The van der Waals surface area contributed by atoms with Gasteiger partial charge in [0.05, 0.1) is 0 Å². The number of hydrogen-bond acceptors (Lipinski definition) is 6. The Morgan fingerprint density at radius 1 is 0.964 bits per heavy atom. The van der Waals surface area contributed by atoms with E-state index in [1.54, 1.807) is 34.1 Å². The summed E-state index contributed by atoms with van der Waals surface area (Å²) in [7, 11) is 0. The molecule has 3 rings (SSSR count). The Balaban J connectivity index is 1.68. The van der Waals surface area contributed by atoms with Gasteiger partial charge in [-0.15, -0.1) is 0 Å². The largest absolute Gasteiger partial charge is 0.339 e. The third kappa shape index (κ3) is 4.81. The molecule has 2 heterocycles. The van der Waals surface area contributed by atoms with E-state index in [1.807, 2.05) is 6.07 Å². The van der Waals surface area contributed by atoms with E-state index in [1.165, 1.54) is 20.0 Å². The first-order valence-electron chi connectivity index (χ1n) is 8.95. The Labute approximate surface area is 162 Å². The van der Waals surface area contributed by atoms with Crippen molar-refractivity contribution >= 4 is 35.0 Å². The normalized spacial score (nSPS) is 13.8. The van der Waals surface area contributed by atoms with Crippen LogP contribution in [0.1, 0.15) is 24.3 Å². The van der Waals surface area contributed by atoms with Crippen molar-refractivity contribution in [3.05, 3.63) is 42.2 Å². The average Bonchev–Trinajstić information content (AvgIpc) is 2.67. The highest BCUT2D eigenvalue weighted by atomic mass is 16.2. The number of nitrogens with zero attached hydrogens (tertiary/aromatic N) is 4. The molecule has 28 heavy (non-hydrogen) atoms. The summed E-state index contributed by atoms with van der Waals surface area (Å²) in [6.45, 7) is 4.96. The molecule has 0 spiro atoms. The van der Waals surface area contributed by atoms with E-state index >= 15 is 0 Å². The van der Waals surface area contributed by atoms with Crippen molar-refractivity contribution in [1.82, 2.24) is 19.8 Å². The molecular weight excluding hydrogens is 360 g/mol. The number of aromatic nitrogens is 2. The Kier molecular flexibility index (Phi) is 5.83. The summed E-state index contributed by atoms with van der Waals surface area (Å²) in [5, 5.41) is 5.75. The summed E-state index contributed by atoms with van der Waals surface area (Å²) in [5.41, 5.74) is 1.62. The van der Waals surface area contributed by atoms with Crippen molar-refractivity contribution in [2.45, 2.75) is 13.8 Å². The third-order valence-corrected chi connectivity index (χ3v) is 4.33. The molecule has 1 aromatic carbocycles. The molecule has 0 unspecified atom stereocenters. The standard InChI is InChI=1S/C19H22N6O3/c1-13(26)21-15-4-3-5-16(12-15)22-19-20-7-6-17(23-19)18(28)25-10-8-24(9-11-25)14(2)27/h3-7,12H,8-11H2,1-2H3,(H,21,26)(H,20,22,23). The van der Waals surface area contributed by atoms with Gasteiger partial charge in [0, 0.05) is 57.6 Å². The predicted octanol–water partition coefficient (Wildman–Crippen LogP) is 1.48. The molecule has 1 fully saturated rings. The molecule has 2 aromatic rings. The Morgan fingerprint density at radius 2 is 1.64 bits per heavy atom. The Bertz CT molecular complexity index is 893. The number of nitrogens with one attached hydrogen (secondary N) is 2. The molecule has 9 nitrogen and oxygen atoms in total. The number of anilines is 3. The lowest BCUT2D eigenvalue weighted by atomic mass is 10.2. The zero-order valence-corrected chi connectivity index (χ0v) is 15.8. The fourth-order valence-corrected chi connectivity index (χ4v) is 2.93. The lowest BCUT2D eigenvalue weighted by molar-refractivity contribution is -0.130. The van der Waals surface area contributed by atoms with Crippen molar-refractivity contribution in [3.8, 4) is 0 Å². The molecule has 9 heteroatoms. The Morgan fingerprint density at radius 3 is 2.32 bits per heavy atom. The lowest BCUT2D eigenvalue weighted by Gasteiger charge is -2.34. The van der Waals surface area contributed by atoms with Crippen LogP contribution in [0.2, 0.25) is 0 Å². The van der Waals surface area contributed by atoms with Crippen molar-refractivity contribution < 1.29 is 14.4 Å². The van der Waals surface area contributed by atoms with Crippen molar-refractivity contribution in [1.29, 1.82) is 0 Å². The Hall–Kier alpha value is -3.49. The number of amides is 3. The van der Waals surface area contributed by atoms with Gasteiger partial charge in [0.15, 0.2) is 0 Å². The maximum atomic E-state index is 12.7. The van der Waals surface area contributed by atoms with E-state index in [0.717, 1.165) is 0 Å². The number of rotatable bonds is 4. The van der Waals surface area contributed by atoms with Gasteiger partial charge in [0.1, 0.15) is 5.69 Å². The van der Waals surface area contributed by atoms with Gasteiger partial charge in [0.2, 0.25) is 17.8 Å². The molecule has 0 aliphatic carbocycles. The maximum absolute atomic E-state index is 12.7. The van der Waals surface area contributed by atoms with Crippen LogP contribution >= 0.6 is 0 Å². The highest BCUT2D eigenvalue weighted by Gasteiger charge is 2.24. The summed E-state index contributed by atoms with van der Waals surface area (Å²) < 4.78 is 0. The van der Waals surface area contributed by atoms with Gasteiger partial charge < -0.3 is 20.4 Å². The van der Waals surface area contributed by atoms with Gasteiger partial charge in [-0.05, 0) is 24.3 Å². The van der Waals surface area contributed by atoms with Crippen LogP contribution in [0, 0.1) is 0 Å². The van der Waals surface area contributed by atoms with E-state index in [0.29, 0.717) is 37.6 Å². The van der Waals surface area contributed by atoms with Gasteiger partial charge in [-0.3, -0.25) is 14.4 Å². The van der Waals surface area contributed by atoms with E-state index in [-0.39, 0.29) is 29.4 Å². The van der Waals surface area contributed by atoms with Crippen LogP contribution in [-0.4, -0.2) is 63.7 Å². The van der Waals surface area contributed by atoms with Crippen LogP contribution in [0.15, 0.2) is 36.5 Å². The van der Waals surface area contributed by atoms with Crippen LogP contribution in [-0.2, 0) is 9.59 Å². The van der Waals surface area contributed by atoms with Crippen LogP contribution in [0.3, 0.4) is 0 Å². The minimum atomic E-state index is -0.194. The molecule has 0 saturated carbocycles. The monoisotopic (exact) mass is 382 g/mol. The molecular formula is C19H22N6O3. The lowest BCUT2D eigenvalue weighted by Crippen LogP contribution is -2.50. The third-order valence-electron chi connectivity index (χ3n) is 4.33. The van der Waals surface area contributed by atoms with Gasteiger partial charge in [-0.25, -0.2) is 9.97 Å². The number of piperazine rings is 1. The van der Waals surface area contributed by atoms with Crippen molar-refractivity contribution in [3.63, 3.8) is 0 Å². The molecule has 1 saturated heterocycles. The summed E-state index contributed by atoms with van der Waals surface area (Å²) >= 11 is 0. The second kappa shape index (κ2) is 8.47. The summed E-state index contributed by atoms with van der Waals surface area (Å²) in [6, 6.07) is 8.69. The van der Waals surface area contributed by atoms with Gasteiger partial charge in [-0.1, -0.05) is 6.07 Å². The van der Waals surface area contributed by atoms with Crippen molar-refractivity contribution in [2.24, 2.45) is 0 Å². The van der Waals surface area contributed by atoms with Gasteiger partial charge >= 0.3 is 0 Å². The first-order chi connectivity index (χ1) is 13.4. The van der Waals surface area contributed by atoms with Gasteiger partial charge in [0.25, 0.3) is 5.91 Å². The summed E-state index contributed by atoms with van der Waals surface area (Å²) in [6.07, 6.45) is 1.52. The fourth-order valence-electron chi connectivity index (χ4n) is 2.93. The maximum Gasteiger partial charge on any atom is 0.272 e. The van der Waals surface area contributed by atoms with Crippen LogP contribution in [0.4, 0.5) is 17.3 Å². The predicted molar refractivity (Wildman–Crippen MR) is 104 cm³/mol. The number of carbonyl (C=O) groups excluding carboxylic acids is 3. The molecule has 3 amide bonds. The highest BCUT2D eigenvalue weighted by molar-refractivity contribution is 5.93. The highest BCUT2D eigenvalue weighted by Crippen LogP contribution is 2.18. The summed E-state index contributed by atoms with van der Waals surface area (Å²) in [5.74, 6) is -0.0539. The number of carbonyl (C=O) groups is 3. The molecule has 0 radical (unpaired) electrons. The second-order valence-electron chi connectivity index (χ2n) is 6.45. The zero-order chi connectivity index (χ0) is 20.1. The van der Waals surface area contributed by atoms with E-state index in [9.17, 15) is 14.4 Å². The molecule has 1 aliphatic heterocycles. The summed E-state index contributed by atoms with van der Waals surface area (Å²) in [4.78, 5) is 47.2. The molecule has 0 bridgehead atoms.